The first-order valence-corrected chi connectivity index (χ1v) is 8.82. The van der Waals surface area contributed by atoms with E-state index in [-0.39, 0.29) is 0 Å². The van der Waals surface area contributed by atoms with Crippen LogP contribution in [0.25, 0.3) is 0 Å². The van der Waals surface area contributed by atoms with Crippen molar-refractivity contribution in [3.05, 3.63) is 53.6 Å². The lowest BCUT2D eigenvalue weighted by Gasteiger charge is -2.11. The molecule has 0 aliphatic heterocycles. The highest BCUT2D eigenvalue weighted by molar-refractivity contribution is 5.49. The topological polar surface area (TPSA) is 33.3 Å². The van der Waals surface area contributed by atoms with Crippen LogP contribution in [-0.2, 0) is 0 Å². The van der Waals surface area contributed by atoms with Crippen LogP contribution in [0.5, 0.6) is 5.75 Å². The van der Waals surface area contributed by atoms with Gasteiger partial charge in [0.2, 0.25) is 0 Å². The highest BCUT2D eigenvalue weighted by Gasteiger charge is 1.98. The van der Waals surface area contributed by atoms with Crippen molar-refractivity contribution in [2.24, 2.45) is 5.92 Å². The second-order valence-electron chi connectivity index (χ2n) is 6.79. The molecule has 0 unspecified atom stereocenters. The summed E-state index contributed by atoms with van der Waals surface area (Å²) >= 11 is 0. The Labute approximate surface area is 146 Å². The van der Waals surface area contributed by atoms with E-state index < -0.39 is 0 Å². The van der Waals surface area contributed by atoms with Gasteiger partial charge in [-0.05, 0) is 73.7 Å². The first-order valence-electron chi connectivity index (χ1n) is 8.82. The Morgan fingerprint density at radius 3 is 2.00 bits per heavy atom. The van der Waals surface area contributed by atoms with Crippen molar-refractivity contribution in [1.82, 2.24) is 0 Å². The van der Waals surface area contributed by atoms with E-state index in [1.165, 1.54) is 16.8 Å². The van der Waals surface area contributed by atoms with Crippen molar-refractivity contribution in [2.75, 3.05) is 30.3 Å². The molecule has 24 heavy (non-hydrogen) atoms. The zero-order valence-electron chi connectivity index (χ0n) is 15.4. The monoisotopic (exact) mass is 326 g/mol. The Hall–Kier alpha value is -2.16. The Morgan fingerprint density at radius 2 is 1.42 bits per heavy atom. The molecule has 0 radical (unpaired) electrons. The van der Waals surface area contributed by atoms with Gasteiger partial charge in [0.1, 0.15) is 5.75 Å². The highest BCUT2D eigenvalue weighted by Crippen LogP contribution is 2.17. The van der Waals surface area contributed by atoms with Crippen LogP contribution in [-0.4, -0.2) is 19.7 Å². The molecule has 0 fully saturated rings. The zero-order valence-corrected chi connectivity index (χ0v) is 15.4. The lowest BCUT2D eigenvalue weighted by Crippen LogP contribution is -2.13. The fourth-order valence-electron chi connectivity index (χ4n) is 2.57. The second kappa shape index (κ2) is 9.21. The molecule has 2 aromatic carbocycles. The molecule has 0 amide bonds. The van der Waals surface area contributed by atoms with Crippen molar-refractivity contribution < 1.29 is 4.74 Å². The lowest BCUT2D eigenvalue weighted by molar-refractivity contribution is 0.289. The third-order valence-electron chi connectivity index (χ3n) is 3.82. The molecule has 0 aliphatic carbocycles. The maximum Gasteiger partial charge on any atom is 0.119 e. The Morgan fingerprint density at radius 1 is 0.833 bits per heavy atom. The number of benzene rings is 2. The molecule has 3 nitrogen and oxygen atoms in total. The van der Waals surface area contributed by atoms with Crippen LogP contribution in [0.3, 0.4) is 0 Å². The van der Waals surface area contributed by atoms with Crippen molar-refractivity contribution in [1.29, 1.82) is 0 Å². The second-order valence-corrected chi connectivity index (χ2v) is 6.79. The van der Waals surface area contributed by atoms with Crippen molar-refractivity contribution in [3.8, 4) is 5.75 Å². The van der Waals surface area contributed by atoms with E-state index in [1.54, 1.807) is 0 Å². The minimum atomic E-state index is 0.677. The molecule has 0 saturated carbocycles. The number of hydrogen-bond acceptors (Lipinski definition) is 3. The van der Waals surface area contributed by atoms with Crippen molar-refractivity contribution in [2.45, 2.75) is 34.1 Å². The number of ether oxygens (including phenoxy) is 1. The number of aryl methyl sites for hydroxylation is 2. The van der Waals surface area contributed by atoms with Crippen LogP contribution >= 0.6 is 0 Å². The smallest absolute Gasteiger partial charge is 0.119 e. The zero-order chi connectivity index (χ0) is 17.4. The highest BCUT2D eigenvalue weighted by atomic mass is 16.5. The van der Waals surface area contributed by atoms with E-state index >= 15 is 0 Å². The van der Waals surface area contributed by atoms with Gasteiger partial charge in [-0.1, -0.05) is 19.9 Å². The fraction of sp³-hybridized carbons (Fsp3) is 0.429. The van der Waals surface area contributed by atoms with Crippen molar-refractivity contribution in [3.63, 3.8) is 0 Å². The third kappa shape index (κ3) is 6.53. The van der Waals surface area contributed by atoms with Gasteiger partial charge in [-0.3, -0.25) is 0 Å². The van der Waals surface area contributed by atoms with Crippen molar-refractivity contribution >= 4 is 11.4 Å². The summed E-state index contributed by atoms with van der Waals surface area (Å²) in [6.45, 7) is 11.2. The molecule has 0 bridgehead atoms. The van der Waals surface area contributed by atoms with Gasteiger partial charge in [0.25, 0.3) is 0 Å². The van der Waals surface area contributed by atoms with E-state index in [2.05, 4.69) is 68.7 Å². The molecular formula is C21H30N2O. The number of anilines is 2. The van der Waals surface area contributed by atoms with Gasteiger partial charge in [0, 0.05) is 24.5 Å². The summed E-state index contributed by atoms with van der Waals surface area (Å²) in [4.78, 5) is 0. The predicted octanol–water partition coefficient (Wildman–Crippen LogP) is 5.25. The van der Waals surface area contributed by atoms with Crippen LogP contribution in [0.2, 0.25) is 0 Å². The van der Waals surface area contributed by atoms with E-state index in [0.717, 1.165) is 37.6 Å². The van der Waals surface area contributed by atoms with Gasteiger partial charge in [0.05, 0.1) is 6.61 Å². The maximum atomic E-state index is 5.74. The molecule has 2 aromatic rings. The SMILES string of the molecule is Cc1cc(C)cc(NCCNc2ccc(OCCC(C)C)cc2)c1. The average Bonchev–Trinajstić information content (AvgIpc) is 2.52. The van der Waals surface area contributed by atoms with Crippen LogP contribution in [0.1, 0.15) is 31.4 Å². The Bertz CT molecular complexity index is 600. The largest absolute Gasteiger partial charge is 0.494 e. The summed E-state index contributed by atoms with van der Waals surface area (Å²) < 4.78 is 5.74. The molecule has 0 atom stereocenters. The van der Waals surface area contributed by atoms with E-state index in [4.69, 9.17) is 4.74 Å². The van der Waals surface area contributed by atoms with E-state index in [1.807, 2.05) is 12.1 Å². The summed E-state index contributed by atoms with van der Waals surface area (Å²) in [6, 6.07) is 14.7. The standard InChI is InChI=1S/C21H30N2O/c1-16(2)9-12-24-21-7-5-19(6-8-21)22-10-11-23-20-14-17(3)13-18(4)15-20/h5-8,13-16,22-23H,9-12H2,1-4H3. The number of hydrogen-bond donors (Lipinski definition) is 2. The maximum absolute atomic E-state index is 5.74. The van der Waals surface area contributed by atoms with Gasteiger partial charge < -0.3 is 15.4 Å². The average molecular weight is 326 g/mol. The first-order chi connectivity index (χ1) is 11.5. The third-order valence-corrected chi connectivity index (χ3v) is 3.82. The molecule has 0 spiro atoms. The van der Waals surface area contributed by atoms with Crippen LogP contribution in [0.4, 0.5) is 11.4 Å². The summed E-state index contributed by atoms with van der Waals surface area (Å²) in [5.41, 5.74) is 4.88. The van der Waals surface area contributed by atoms with Gasteiger partial charge in [0.15, 0.2) is 0 Å². The van der Waals surface area contributed by atoms with Gasteiger partial charge >= 0.3 is 0 Å². The van der Waals surface area contributed by atoms with Gasteiger partial charge in [-0.15, -0.1) is 0 Å². The summed E-state index contributed by atoms with van der Waals surface area (Å²) in [7, 11) is 0. The van der Waals surface area contributed by atoms with E-state index in [9.17, 15) is 0 Å². The van der Waals surface area contributed by atoms with Crippen LogP contribution in [0.15, 0.2) is 42.5 Å². The molecule has 2 N–H and O–H groups in total. The molecule has 130 valence electrons. The van der Waals surface area contributed by atoms with Gasteiger partial charge in [-0.2, -0.15) is 0 Å². The van der Waals surface area contributed by atoms with Crippen LogP contribution in [0, 0.1) is 19.8 Å². The van der Waals surface area contributed by atoms with Gasteiger partial charge in [-0.25, -0.2) is 0 Å². The molecule has 0 aliphatic rings. The summed E-state index contributed by atoms with van der Waals surface area (Å²) in [6.07, 6.45) is 1.09. The quantitative estimate of drug-likeness (QED) is 0.617. The molecule has 0 aromatic heterocycles. The Kier molecular flexibility index (Phi) is 6.98. The normalized spacial score (nSPS) is 10.7. The minimum absolute atomic E-state index is 0.677. The number of nitrogens with one attached hydrogen (secondary N) is 2. The molecule has 2 rings (SSSR count). The molecule has 0 heterocycles. The molecule has 3 heteroatoms. The fourth-order valence-corrected chi connectivity index (χ4v) is 2.57. The minimum Gasteiger partial charge on any atom is -0.494 e. The molecule has 0 saturated heterocycles. The predicted molar refractivity (Wildman–Crippen MR) is 104 cm³/mol. The summed E-state index contributed by atoms with van der Waals surface area (Å²) in [5.74, 6) is 1.62. The lowest BCUT2D eigenvalue weighted by atomic mass is 10.1. The van der Waals surface area contributed by atoms with E-state index in [0.29, 0.717) is 5.92 Å². The number of rotatable bonds is 9. The van der Waals surface area contributed by atoms with Crippen LogP contribution < -0.4 is 15.4 Å². The molecular weight excluding hydrogens is 296 g/mol. The Balaban J connectivity index is 1.70. The first kappa shape index (κ1) is 18.2. The summed E-state index contributed by atoms with van der Waals surface area (Å²) in [5, 5.41) is 6.89.